The highest BCUT2D eigenvalue weighted by atomic mass is 19.4. The van der Waals surface area contributed by atoms with Gasteiger partial charge in [-0.25, -0.2) is 4.79 Å². The number of carbonyl (C=O) groups excluding carboxylic acids is 2. The summed E-state index contributed by atoms with van der Waals surface area (Å²) in [5, 5.41) is 13.0. The van der Waals surface area contributed by atoms with Crippen molar-refractivity contribution in [1.29, 1.82) is 0 Å². The van der Waals surface area contributed by atoms with Crippen LogP contribution in [-0.4, -0.2) is 41.2 Å². The molecule has 9 heteroatoms. The molecular formula is C13H19F3N2O4. The maximum atomic E-state index is 12.5. The molecule has 3 N–H and O–H groups in total. The number of piperidine rings is 1. The second-order valence-electron chi connectivity index (χ2n) is 5.76. The molecule has 0 saturated carbocycles. The van der Waals surface area contributed by atoms with Gasteiger partial charge in [0.25, 0.3) is 0 Å². The highest BCUT2D eigenvalue weighted by molar-refractivity contribution is 6.02. The Morgan fingerprint density at radius 3 is 2.36 bits per heavy atom. The van der Waals surface area contributed by atoms with E-state index in [-0.39, 0.29) is 18.8 Å². The summed E-state index contributed by atoms with van der Waals surface area (Å²) in [5.41, 5.74) is 0. The average molecular weight is 324 g/mol. The maximum absolute atomic E-state index is 12.5. The minimum Gasteiger partial charge on any atom is -0.480 e. The lowest BCUT2D eigenvalue weighted by molar-refractivity contribution is -0.171. The molecule has 126 valence electrons. The highest BCUT2D eigenvalue weighted by Crippen LogP contribution is 2.28. The number of alkyl halides is 3. The SMILES string of the molecule is CC(C)C[C@@H](NC(=O)C1CCC(C(F)(F)F)NC1=O)C(=O)O. The van der Waals surface area contributed by atoms with Crippen LogP contribution >= 0.6 is 0 Å². The number of amides is 2. The lowest BCUT2D eigenvalue weighted by atomic mass is 9.92. The Kier molecular flexibility index (Phi) is 5.78. The van der Waals surface area contributed by atoms with Crippen molar-refractivity contribution in [1.82, 2.24) is 10.6 Å². The zero-order valence-corrected chi connectivity index (χ0v) is 12.2. The van der Waals surface area contributed by atoms with E-state index >= 15 is 0 Å². The van der Waals surface area contributed by atoms with Crippen LogP contribution in [-0.2, 0) is 14.4 Å². The number of halogens is 3. The summed E-state index contributed by atoms with van der Waals surface area (Å²) in [4.78, 5) is 34.6. The second kappa shape index (κ2) is 6.97. The second-order valence-corrected chi connectivity index (χ2v) is 5.76. The first-order valence-electron chi connectivity index (χ1n) is 6.92. The van der Waals surface area contributed by atoms with Crippen molar-refractivity contribution in [2.24, 2.45) is 11.8 Å². The smallest absolute Gasteiger partial charge is 0.408 e. The highest BCUT2D eigenvalue weighted by Gasteiger charge is 2.46. The Morgan fingerprint density at radius 1 is 1.36 bits per heavy atom. The molecule has 3 atom stereocenters. The van der Waals surface area contributed by atoms with Crippen molar-refractivity contribution in [2.75, 3.05) is 0 Å². The van der Waals surface area contributed by atoms with Crippen LogP contribution in [0.1, 0.15) is 33.1 Å². The fraction of sp³-hybridized carbons (Fsp3) is 0.769. The normalized spacial score (nSPS) is 23.8. The minimum atomic E-state index is -4.56. The van der Waals surface area contributed by atoms with E-state index in [9.17, 15) is 27.6 Å². The Morgan fingerprint density at radius 2 is 1.95 bits per heavy atom. The molecule has 1 aliphatic heterocycles. The van der Waals surface area contributed by atoms with E-state index in [1.165, 1.54) is 0 Å². The van der Waals surface area contributed by atoms with Crippen LogP contribution in [0.25, 0.3) is 0 Å². The van der Waals surface area contributed by atoms with Gasteiger partial charge in [-0.05, 0) is 25.2 Å². The van der Waals surface area contributed by atoms with E-state index in [2.05, 4.69) is 5.32 Å². The third-order valence-corrected chi connectivity index (χ3v) is 3.41. The van der Waals surface area contributed by atoms with E-state index in [1.54, 1.807) is 19.2 Å². The molecule has 0 spiro atoms. The van der Waals surface area contributed by atoms with Crippen molar-refractivity contribution >= 4 is 17.8 Å². The number of hydrogen-bond donors (Lipinski definition) is 3. The number of rotatable bonds is 5. The summed E-state index contributed by atoms with van der Waals surface area (Å²) in [6.07, 6.45) is -5.07. The van der Waals surface area contributed by atoms with E-state index in [4.69, 9.17) is 5.11 Å². The molecule has 2 amide bonds. The molecule has 1 heterocycles. The van der Waals surface area contributed by atoms with Crippen LogP contribution in [0.15, 0.2) is 0 Å². The van der Waals surface area contributed by atoms with Crippen molar-refractivity contribution in [3.8, 4) is 0 Å². The quantitative estimate of drug-likeness (QED) is 0.659. The Bertz CT molecular complexity index is 451. The Hall–Kier alpha value is -1.80. The summed E-state index contributed by atoms with van der Waals surface area (Å²) in [6, 6.07) is -3.13. The van der Waals surface area contributed by atoms with Gasteiger partial charge in [0.15, 0.2) is 0 Å². The van der Waals surface area contributed by atoms with E-state index < -0.39 is 48.4 Å². The van der Waals surface area contributed by atoms with Gasteiger partial charge >= 0.3 is 12.1 Å². The van der Waals surface area contributed by atoms with Gasteiger partial charge in [0.05, 0.1) is 0 Å². The first-order valence-corrected chi connectivity index (χ1v) is 6.92. The standard InChI is InChI=1S/C13H19F3N2O4/c1-6(2)5-8(12(21)22)17-10(19)7-3-4-9(13(14,15)16)18-11(7)20/h6-9H,3-5H2,1-2H3,(H,17,19)(H,18,20)(H,21,22)/t7?,8-,9?/m1/s1. The summed E-state index contributed by atoms with van der Waals surface area (Å²) < 4.78 is 37.5. The molecule has 0 aromatic heterocycles. The third-order valence-electron chi connectivity index (χ3n) is 3.41. The van der Waals surface area contributed by atoms with Gasteiger partial charge in [-0.15, -0.1) is 0 Å². The van der Waals surface area contributed by atoms with Crippen LogP contribution in [0.3, 0.4) is 0 Å². The molecule has 1 fully saturated rings. The number of hydrogen-bond acceptors (Lipinski definition) is 3. The van der Waals surface area contributed by atoms with Gasteiger partial charge in [0, 0.05) is 0 Å². The number of carbonyl (C=O) groups is 3. The molecule has 0 bridgehead atoms. The van der Waals surface area contributed by atoms with Crippen LogP contribution in [0.4, 0.5) is 13.2 Å². The van der Waals surface area contributed by atoms with Gasteiger partial charge in [-0.2, -0.15) is 13.2 Å². The minimum absolute atomic E-state index is 0.00353. The van der Waals surface area contributed by atoms with Crippen molar-refractivity contribution in [2.45, 2.75) is 51.4 Å². The lowest BCUT2D eigenvalue weighted by Crippen LogP contribution is -2.56. The summed E-state index contributed by atoms with van der Waals surface area (Å²) >= 11 is 0. The predicted octanol–water partition coefficient (Wildman–Crippen LogP) is 1.06. The third kappa shape index (κ3) is 4.88. The van der Waals surface area contributed by atoms with E-state index in [1.807, 2.05) is 0 Å². The zero-order chi connectivity index (χ0) is 17.1. The fourth-order valence-corrected chi connectivity index (χ4v) is 2.27. The topological polar surface area (TPSA) is 95.5 Å². The van der Waals surface area contributed by atoms with Gasteiger partial charge in [0.1, 0.15) is 18.0 Å². The largest absolute Gasteiger partial charge is 0.480 e. The predicted molar refractivity (Wildman–Crippen MR) is 69.7 cm³/mol. The number of nitrogens with one attached hydrogen (secondary N) is 2. The first-order chi connectivity index (χ1) is 10.0. The molecule has 0 aliphatic carbocycles. The van der Waals surface area contributed by atoms with Crippen molar-refractivity contribution < 1.29 is 32.7 Å². The molecule has 0 aromatic carbocycles. The molecule has 1 saturated heterocycles. The monoisotopic (exact) mass is 324 g/mol. The van der Waals surface area contributed by atoms with Crippen molar-refractivity contribution in [3.63, 3.8) is 0 Å². The van der Waals surface area contributed by atoms with Gasteiger partial charge in [-0.1, -0.05) is 13.8 Å². The lowest BCUT2D eigenvalue weighted by Gasteiger charge is -2.30. The van der Waals surface area contributed by atoms with Crippen LogP contribution in [0.5, 0.6) is 0 Å². The summed E-state index contributed by atoms with van der Waals surface area (Å²) in [7, 11) is 0. The van der Waals surface area contributed by atoms with Crippen LogP contribution < -0.4 is 10.6 Å². The molecule has 22 heavy (non-hydrogen) atoms. The maximum Gasteiger partial charge on any atom is 0.408 e. The van der Waals surface area contributed by atoms with E-state index in [0.717, 1.165) is 0 Å². The van der Waals surface area contributed by atoms with Crippen LogP contribution in [0.2, 0.25) is 0 Å². The summed E-state index contributed by atoms with van der Waals surface area (Å²) in [6.45, 7) is 3.53. The fourth-order valence-electron chi connectivity index (χ4n) is 2.27. The Balaban J connectivity index is 2.66. The van der Waals surface area contributed by atoms with E-state index in [0.29, 0.717) is 0 Å². The average Bonchev–Trinajstić information content (AvgIpc) is 2.35. The number of carboxylic acids is 1. The Labute approximate surface area is 125 Å². The molecule has 0 aromatic rings. The molecule has 0 radical (unpaired) electrons. The molecule has 6 nitrogen and oxygen atoms in total. The van der Waals surface area contributed by atoms with Crippen molar-refractivity contribution in [3.05, 3.63) is 0 Å². The van der Waals surface area contributed by atoms with Crippen LogP contribution in [0, 0.1) is 11.8 Å². The van der Waals surface area contributed by atoms with Gasteiger partial charge in [-0.3, -0.25) is 9.59 Å². The zero-order valence-electron chi connectivity index (χ0n) is 12.2. The molecule has 2 unspecified atom stereocenters. The number of aliphatic carboxylic acids is 1. The van der Waals surface area contributed by atoms with Gasteiger partial charge in [0.2, 0.25) is 11.8 Å². The number of carboxylic acid groups (broad SMARTS) is 1. The summed E-state index contributed by atoms with van der Waals surface area (Å²) in [5.74, 6) is -4.43. The molecular weight excluding hydrogens is 305 g/mol. The van der Waals surface area contributed by atoms with Gasteiger partial charge < -0.3 is 15.7 Å². The first kappa shape index (κ1) is 18.2. The molecule has 1 rings (SSSR count). The molecule has 1 aliphatic rings.